The number of hydrogen-bond acceptors (Lipinski definition) is 4. The molecule has 1 N–H and O–H groups in total. The van der Waals surface area contributed by atoms with Crippen LogP contribution < -0.4 is 10.2 Å². The maximum atomic E-state index is 13.7. The van der Waals surface area contributed by atoms with Crippen molar-refractivity contribution in [2.45, 2.75) is 6.42 Å². The molecule has 0 amide bonds. The number of benzene rings is 2. The van der Waals surface area contributed by atoms with E-state index in [9.17, 15) is 4.39 Å². The van der Waals surface area contributed by atoms with Gasteiger partial charge >= 0.3 is 0 Å². The van der Waals surface area contributed by atoms with Gasteiger partial charge in [0.05, 0.1) is 5.69 Å². The van der Waals surface area contributed by atoms with Gasteiger partial charge in [-0.1, -0.05) is 30.3 Å². The third-order valence-corrected chi connectivity index (χ3v) is 3.92. The van der Waals surface area contributed by atoms with Gasteiger partial charge in [0.2, 0.25) is 5.95 Å². The molecule has 0 unspecified atom stereocenters. The smallest absolute Gasteiger partial charge is 0.229 e. The van der Waals surface area contributed by atoms with E-state index in [4.69, 9.17) is 0 Å². The number of fused-ring (bicyclic) bond motifs is 1. The van der Waals surface area contributed by atoms with Crippen LogP contribution in [0.1, 0.15) is 5.56 Å². The first-order chi connectivity index (χ1) is 11.3. The first-order valence-electron chi connectivity index (χ1n) is 7.51. The Morgan fingerprint density at radius 2 is 1.83 bits per heavy atom. The number of rotatable bonds is 3. The molecule has 0 spiro atoms. The minimum absolute atomic E-state index is 0.326. The number of halogens is 1. The summed E-state index contributed by atoms with van der Waals surface area (Å²) in [7, 11) is 0. The van der Waals surface area contributed by atoms with Crippen molar-refractivity contribution in [1.29, 1.82) is 0 Å². The van der Waals surface area contributed by atoms with Gasteiger partial charge < -0.3 is 10.2 Å². The third-order valence-electron chi connectivity index (χ3n) is 3.92. The maximum Gasteiger partial charge on any atom is 0.229 e. The van der Waals surface area contributed by atoms with Crippen molar-refractivity contribution >= 4 is 23.1 Å². The zero-order chi connectivity index (χ0) is 15.6. The van der Waals surface area contributed by atoms with E-state index in [-0.39, 0.29) is 5.82 Å². The molecule has 3 aromatic rings. The molecule has 2 heterocycles. The predicted octanol–water partition coefficient (Wildman–Crippen LogP) is 4.05. The van der Waals surface area contributed by atoms with Crippen molar-refractivity contribution in [2.24, 2.45) is 0 Å². The second kappa shape index (κ2) is 5.68. The first kappa shape index (κ1) is 13.7. The molecule has 1 aliphatic rings. The van der Waals surface area contributed by atoms with Gasteiger partial charge in [0.15, 0.2) is 0 Å². The molecule has 4 nitrogen and oxygen atoms in total. The summed E-state index contributed by atoms with van der Waals surface area (Å²) in [6.45, 7) is 0.884. The zero-order valence-electron chi connectivity index (χ0n) is 12.4. The molecule has 1 aliphatic heterocycles. The largest absolute Gasteiger partial charge is 0.326 e. The van der Waals surface area contributed by atoms with Gasteiger partial charge in [-0.3, -0.25) is 0 Å². The lowest BCUT2D eigenvalue weighted by Gasteiger charge is -2.18. The minimum atomic E-state index is -0.326. The quantitative estimate of drug-likeness (QED) is 0.792. The van der Waals surface area contributed by atoms with Crippen molar-refractivity contribution in [2.75, 3.05) is 16.8 Å². The van der Waals surface area contributed by atoms with Gasteiger partial charge in [-0.05, 0) is 36.2 Å². The van der Waals surface area contributed by atoms with Crippen molar-refractivity contribution in [3.8, 4) is 0 Å². The van der Waals surface area contributed by atoms with Crippen LogP contribution in [0.25, 0.3) is 0 Å². The van der Waals surface area contributed by atoms with Crippen LogP contribution in [0.15, 0.2) is 60.8 Å². The molecule has 0 bridgehead atoms. The van der Waals surface area contributed by atoms with E-state index in [0.29, 0.717) is 11.6 Å². The molecule has 2 aromatic carbocycles. The van der Waals surface area contributed by atoms with Gasteiger partial charge in [0.25, 0.3) is 0 Å². The molecule has 0 saturated carbocycles. The Labute approximate surface area is 133 Å². The number of nitrogens with one attached hydrogen (secondary N) is 1. The second-order valence-electron chi connectivity index (χ2n) is 5.37. The van der Waals surface area contributed by atoms with Crippen molar-refractivity contribution in [3.05, 3.63) is 72.2 Å². The predicted molar refractivity (Wildman–Crippen MR) is 88.9 cm³/mol. The summed E-state index contributed by atoms with van der Waals surface area (Å²) < 4.78 is 13.7. The Bertz CT molecular complexity index is 850. The van der Waals surface area contributed by atoms with Crippen LogP contribution in [0.2, 0.25) is 0 Å². The van der Waals surface area contributed by atoms with Gasteiger partial charge in [-0.2, -0.15) is 4.98 Å². The summed E-state index contributed by atoms with van der Waals surface area (Å²) in [6, 6.07) is 16.7. The lowest BCUT2D eigenvalue weighted by molar-refractivity contribution is 0.631. The molecular weight excluding hydrogens is 291 g/mol. The van der Waals surface area contributed by atoms with Gasteiger partial charge in [0.1, 0.15) is 11.6 Å². The Hall–Kier alpha value is -2.95. The summed E-state index contributed by atoms with van der Waals surface area (Å²) >= 11 is 0. The average molecular weight is 306 g/mol. The van der Waals surface area contributed by atoms with E-state index < -0.39 is 0 Å². The fourth-order valence-electron chi connectivity index (χ4n) is 2.82. The van der Waals surface area contributed by atoms with Gasteiger partial charge in [0, 0.05) is 18.4 Å². The summed E-state index contributed by atoms with van der Waals surface area (Å²) in [6.07, 6.45) is 2.68. The Morgan fingerprint density at radius 3 is 2.74 bits per heavy atom. The van der Waals surface area contributed by atoms with Crippen LogP contribution in [0.5, 0.6) is 0 Å². The van der Waals surface area contributed by atoms with Crippen LogP contribution in [0.4, 0.5) is 27.5 Å². The number of anilines is 4. The molecule has 114 valence electrons. The molecule has 0 fully saturated rings. The van der Waals surface area contributed by atoms with Crippen molar-refractivity contribution < 1.29 is 4.39 Å². The zero-order valence-corrected chi connectivity index (χ0v) is 12.4. The second-order valence-corrected chi connectivity index (χ2v) is 5.37. The highest BCUT2D eigenvalue weighted by atomic mass is 19.1. The Balaban J connectivity index is 1.64. The minimum Gasteiger partial charge on any atom is -0.326 e. The number of hydrogen-bond donors (Lipinski definition) is 1. The summed E-state index contributed by atoms with van der Waals surface area (Å²) in [5.74, 6) is 0.869. The molecule has 0 atom stereocenters. The molecule has 0 aliphatic carbocycles. The third kappa shape index (κ3) is 2.61. The van der Waals surface area contributed by atoms with E-state index in [0.717, 1.165) is 18.8 Å². The Kier molecular flexibility index (Phi) is 3.38. The number of para-hydroxylation sites is 2. The van der Waals surface area contributed by atoms with Crippen LogP contribution in [0, 0.1) is 5.82 Å². The standard InChI is InChI=1S/C18H15FN4/c19-14-6-2-3-7-15(14)21-18-20-11-9-17(22-18)23-12-10-13-5-1-4-8-16(13)23/h1-9,11H,10,12H2,(H,20,21,22). The molecular formula is C18H15FN4. The monoisotopic (exact) mass is 306 g/mol. The van der Waals surface area contributed by atoms with E-state index in [1.54, 1.807) is 24.4 Å². The lowest BCUT2D eigenvalue weighted by atomic mass is 10.2. The van der Waals surface area contributed by atoms with Crippen molar-refractivity contribution in [1.82, 2.24) is 9.97 Å². The van der Waals surface area contributed by atoms with E-state index >= 15 is 0 Å². The summed E-state index contributed by atoms with van der Waals surface area (Å²) in [5.41, 5.74) is 2.85. The average Bonchev–Trinajstić information content (AvgIpc) is 3.01. The van der Waals surface area contributed by atoms with Gasteiger partial charge in [-0.25, -0.2) is 9.37 Å². The normalized spacial score (nSPS) is 13.0. The molecule has 1 aromatic heterocycles. The molecule has 5 heteroatoms. The van der Waals surface area contributed by atoms with Crippen LogP contribution in [0.3, 0.4) is 0 Å². The topological polar surface area (TPSA) is 41.1 Å². The maximum absolute atomic E-state index is 13.7. The number of aromatic nitrogens is 2. The molecule has 0 radical (unpaired) electrons. The fourth-order valence-corrected chi connectivity index (χ4v) is 2.82. The highest BCUT2D eigenvalue weighted by Gasteiger charge is 2.21. The van der Waals surface area contributed by atoms with E-state index in [1.165, 1.54) is 17.3 Å². The summed E-state index contributed by atoms with van der Waals surface area (Å²) in [4.78, 5) is 10.9. The summed E-state index contributed by atoms with van der Waals surface area (Å²) in [5, 5.41) is 2.94. The van der Waals surface area contributed by atoms with Crippen LogP contribution >= 0.6 is 0 Å². The molecule has 4 rings (SSSR count). The first-order valence-corrected chi connectivity index (χ1v) is 7.51. The van der Waals surface area contributed by atoms with Gasteiger partial charge in [-0.15, -0.1) is 0 Å². The SMILES string of the molecule is Fc1ccccc1Nc1nccc(N2CCc3ccccc32)n1. The van der Waals surface area contributed by atoms with E-state index in [1.807, 2.05) is 18.2 Å². The fraction of sp³-hybridized carbons (Fsp3) is 0.111. The molecule has 0 saturated heterocycles. The molecule has 23 heavy (non-hydrogen) atoms. The van der Waals surface area contributed by atoms with Crippen LogP contribution in [-0.2, 0) is 6.42 Å². The number of nitrogens with zero attached hydrogens (tertiary/aromatic N) is 3. The lowest BCUT2D eigenvalue weighted by Crippen LogP contribution is -2.15. The highest BCUT2D eigenvalue weighted by molar-refractivity contribution is 5.68. The Morgan fingerprint density at radius 1 is 1.00 bits per heavy atom. The van der Waals surface area contributed by atoms with E-state index in [2.05, 4.69) is 32.3 Å². The highest BCUT2D eigenvalue weighted by Crippen LogP contribution is 2.33. The van der Waals surface area contributed by atoms with Crippen molar-refractivity contribution in [3.63, 3.8) is 0 Å². The van der Waals surface area contributed by atoms with Crippen LogP contribution in [-0.4, -0.2) is 16.5 Å².